The van der Waals surface area contributed by atoms with Gasteiger partial charge in [0.25, 0.3) is 0 Å². The number of rotatable bonds is 3. The number of hydrogen-bond acceptors (Lipinski definition) is 2. The Kier molecular flexibility index (Phi) is 3.32. The predicted molar refractivity (Wildman–Crippen MR) is 49.8 cm³/mol. The fourth-order valence-corrected chi connectivity index (χ4v) is 1.09. The monoisotopic (exact) mass is 164 g/mol. The van der Waals surface area contributed by atoms with Crippen molar-refractivity contribution in [3.8, 4) is 0 Å². The third-order valence-corrected chi connectivity index (χ3v) is 1.91. The minimum Gasteiger partial charge on any atom is -0.427 e. The van der Waals surface area contributed by atoms with Crippen molar-refractivity contribution in [3.63, 3.8) is 0 Å². The van der Waals surface area contributed by atoms with E-state index in [1.54, 1.807) is 0 Å². The molecule has 0 spiro atoms. The fraction of sp³-hybridized carbons (Fsp3) is 0.333. The maximum atomic E-state index is 8.84. The molecular weight excluding hydrogens is 151 g/mol. The zero-order chi connectivity index (χ0) is 8.97. The molecule has 1 aromatic rings. The Morgan fingerprint density at radius 2 is 1.83 bits per heavy atom. The molecule has 3 heteroatoms. The molecular formula is C9H13BO2. The van der Waals surface area contributed by atoms with Gasteiger partial charge in [0, 0.05) is 0 Å². The lowest BCUT2D eigenvalue weighted by Crippen LogP contribution is -2.19. The number of benzene rings is 1. The van der Waals surface area contributed by atoms with Gasteiger partial charge in [-0.1, -0.05) is 37.3 Å². The largest absolute Gasteiger partial charge is 0.454 e. The topological polar surface area (TPSA) is 40.5 Å². The minimum absolute atomic E-state index is 0.104. The molecule has 0 amide bonds. The summed E-state index contributed by atoms with van der Waals surface area (Å²) >= 11 is 0. The molecule has 0 unspecified atom stereocenters. The standard InChI is InChI=1S/C9H13BO2/c1-8(10(11)12)7-9-5-3-2-4-6-9/h2-6,8,11-12H,7H2,1H3/t8-/m0/s1. The van der Waals surface area contributed by atoms with E-state index in [1.165, 1.54) is 0 Å². The van der Waals surface area contributed by atoms with E-state index in [4.69, 9.17) is 10.0 Å². The van der Waals surface area contributed by atoms with E-state index in [0.717, 1.165) is 5.56 Å². The first-order valence-corrected chi connectivity index (χ1v) is 4.10. The highest BCUT2D eigenvalue weighted by Gasteiger charge is 2.17. The van der Waals surface area contributed by atoms with E-state index in [0.29, 0.717) is 6.42 Å². The van der Waals surface area contributed by atoms with Crippen LogP contribution in [0.25, 0.3) is 0 Å². The van der Waals surface area contributed by atoms with Crippen molar-refractivity contribution in [1.29, 1.82) is 0 Å². The highest BCUT2D eigenvalue weighted by Crippen LogP contribution is 2.13. The third kappa shape index (κ3) is 2.68. The van der Waals surface area contributed by atoms with Crippen LogP contribution >= 0.6 is 0 Å². The SMILES string of the molecule is C[C@@H](Cc1ccccc1)B(O)O. The summed E-state index contributed by atoms with van der Waals surface area (Å²) < 4.78 is 0. The molecule has 0 aliphatic rings. The van der Waals surface area contributed by atoms with Crippen LogP contribution in [0.1, 0.15) is 12.5 Å². The Morgan fingerprint density at radius 3 is 2.33 bits per heavy atom. The minimum atomic E-state index is -1.22. The quantitative estimate of drug-likeness (QED) is 0.656. The van der Waals surface area contributed by atoms with Crippen molar-refractivity contribution in [2.75, 3.05) is 0 Å². The van der Waals surface area contributed by atoms with Gasteiger partial charge in [0.2, 0.25) is 0 Å². The Balaban J connectivity index is 2.53. The molecule has 0 saturated heterocycles. The lowest BCUT2D eigenvalue weighted by atomic mass is 9.71. The molecule has 2 nitrogen and oxygen atoms in total. The van der Waals surface area contributed by atoms with Crippen molar-refractivity contribution >= 4 is 7.12 Å². The molecule has 1 aromatic carbocycles. The van der Waals surface area contributed by atoms with Gasteiger partial charge in [-0.2, -0.15) is 0 Å². The zero-order valence-corrected chi connectivity index (χ0v) is 7.14. The smallest absolute Gasteiger partial charge is 0.427 e. The lowest BCUT2D eigenvalue weighted by Gasteiger charge is -2.08. The first kappa shape index (κ1) is 9.29. The summed E-state index contributed by atoms with van der Waals surface area (Å²) in [6, 6.07) is 9.82. The van der Waals surface area contributed by atoms with E-state index >= 15 is 0 Å². The van der Waals surface area contributed by atoms with Crippen molar-refractivity contribution in [3.05, 3.63) is 35.9 Å². The second-order valence-corrected chi connectivity index (χ2v) is 3.08. The average Bonchev–Trinajstić information content (AvgIpc) is 2.06. The first-order valence-electron chi connectivity index (χ1n) is 4.10. The molecule has 0 radical (unpaired) electrons. The van der Waals surface area contributed by atoms with Gasteiger partial charge in [0.05, 0.1) is 0 Å². The van der Waals surface area contributed by atoms with E-state index < -0.39 is 7.12 Å². The molecule has 1 atom stereocenters. The molecule has 0 heterocycles. The van der Waals surface area contributed by atoms with Gasteiger partial charge >= 0.3 is 7.12 Å². The second-order valence-electron chi connectivity index (χ2n) is 3.08. The summed E-state index contributed by atoms with van der Waals surface area (Å²) in [6.45, 7) is 1.82. The van der Waals surface area contributed by atoms with Crippen molar-refractivity contribution < 1.29 is 10.0 Å². The molecule has 0 bridgehead atoms. The van der Waals surface area contributed by atoms with Crippen LogP contribution in [-0.4, -0.2) is 17.2 Å². The van der Waals surface area contributed by atoms with Crippen LogP contribution < -0.4 is 0 Å². The maximum Gasteiger partial charge on any atom is 0.454 e. The van der Waals surface area contributed by atoms with Crippen LogP contribution in [-0.2, 0) is 6.42 Å². The third-order valence-electron chi connectivity index (χ3n) is 1.91. The molecule has 0 saturated carbocycles. The Morgan fingerprint density at radius 1 is 1.25 bits per heavy atom. The molecule has 12 heavy (non-hydrogen) atoms. The van der Waals surface area contributed by atoms with Crippen LogP contribution in [0.3, 0.4) is 0 Å². The van der Waals surface area contributed by atoms with E-state index in [-0.39, 0.29) is 5.82 Å². The van der Waals surface area contributed by atoms with E-state index in [9.17, 15) is 0 Å². The van der Waals surface area contributed by atoms with Crippen LogP contribution in [0, 0.1) is 0 Å². The highest BCUT2D eigenvalue weighted by atomic mass is 16.4. The number of hydrogen-bond donors (Lipinski definition) is 2. The van der Waals surface area contributed by atoms with Crippen LogP contribution in [0.4, 0.5) is 0 Å². The summed E-state index contributed by atoms with van der Waals surface area (Å²) in [5.74, 6) is -0.104. The van der Waals surface area contributed by atoms with Gasteiger partial charge in [-0.05, 0) is 17.8 Å². The zero-order valence-electron chi connectivity index (χ0n) is 7.14. The van der Waals surface area contributed by atoms with Crippen molar-refractivity contribution in [2.45, 2.75) is 19.2 Å². The second kappa shape index (κ2) is 4.29. The molecule has 1 rings (SSSR count). The van der Waals surface area contributed by atoms with Gasteiger partial charge in [0.15, 0.2) is 0 Å². The van der Waals surface area contributed by atoms with Crippen LogP contribution in [0.2, 0.25) is 5.82 Å². The Bertz CT molecular complexity index is 223. The molecule has 0 aromatic heterocycles. The van der Waals surface area contributed by atoms with Gasteiger partial charge in [-0.15, -0.1) is 0 Å². The van der Waals surface area contributed by atoms with E-state index in [2.05, 4.69) is 0 Å². The summed E-state index contributed by atoms with van der Waals surface area (Å²) in [7, 11) is -1.22. The van der Waals surface area contributed by atoms with Gasteiger partial charge in [-0.3, -0.25) is 0 Å². The van der Waals surface area contributed by atoms with Crippen molar-refractivity contribution in [2.24, 2.45) is 0 Å². The molecule has 64 valence electrons. The molecule has 0 aliphatic carbocycles. The summed E-state index contributed by atoms with van der Waals surface area (Å²) in [5.41, 5.74) is 1.14. The van der Waals surface area contributed by atoms with Crippen molar-refractivity contribution in [1.82, 2.24) is 0 Å². The molecule has 2 N–H and O–H groups in total. The highest BCUT2D eigenvalue weighted by molar-refractivity contribution is 6.43. The summed E-state index contributed by atoms with van der Waals surface area (Å²) in [4.78, 5) is 0. The fourth-order valence-electron chi connectivity index (χ4n) is 1.09. The van der Waals surface area contributed by atoms with Crippen LogP contribution in [0.15, 0.2) is 30.3 Å². The Labute approximate surface area is 73.0 Å². The van der Waals surface area contributed by atoms with Gasteiger partial charge in [0.1, 0.15) is 0 Å². The van der Waals surface area contributed by atoms with E-state index in [1.807, 2.05) is 37.3 Å². The summed E-state index contributed by atoms with van der Waals surface area (Å²) in [6.07, 6.45) is 0.707. The average molecular weight is 164 g/mol. The molecule has 0 aliphatic heterocycles. The molecule has 0 fully saturated rings. The predicted octanol–water partition coefficient (Wildman–Crippen LogP) is 1.09. The lowest BCUT2D eigenvalue weighted by molar-refractivity contribution is 0.387. The maximum absolute atomic E-state index is 8.84. The van der Waals surface area contributed by atoms with Gasteiger partial charge in [-0.25, -0.2) is 0 Å². The normalized spacial score (nSPS) is 12.6. The van der Waals surface area contributed by atoms with Crippen LogP contribution in [0.5, 0.6) is 0 Å². The first-order chi connectivity index (χ1) is 5.70. The Hall–Kier alpha value is -0.795. The van der Waals surface area contributed by atoms with Gasteiger partial charge < -0.3 is 10.0 Å². The summed E-state index contributed by atoms with van der Waals surface area (Å²) in [5, 5.41) is 17.7.